The molecular weight excluding hydrogens is 328 g/mol. The van der Waals surface area contributed by atoms with Gasteiger partial charge in [-0.25, -0.2) is 5.43 Å². The summed E-state index contributed by atoms with van der Waals surface area (Å²) in [5.74, 6) is -0.312. The monoisotopic (exact) mass is 340 g/mol. The first-order valence-electron chi connectivity index (χ1n) is 5.95. The van der Waals surface area contributed by atoms with Gasteiger partial charge in [-0.2, -0.15) is 5.10 Å². The van der Waals surface area contributed by atoms with E-state index in [0.717, 1.165) is 14.8 Å². The summed E-state index contributed by atoms with van der Waals surface area (Å²) < 4.78 is 6.39. The van der Waals surface area contributed by atoms with E-state index in [1.54, 1.807) is 49.4 Å². The number of amides is 1. The number of hydrogen-bond acceptors (Lipinski definition) is 5. The summed E-state index contributed by atoms with van der Waals surface area (Å²) >= 11 is 9.01. The van der Waals surface area contributed by atoms with Crippen LogP contribution in [0.4, 0.5) is 0 Å². The van der Waals surface area contributed by atoms with E-state index in [4.69, 9.17) is 16.3 Å². The van der Waals surface area contributed by atoms with Crippen molar-refractivity contribution < 1.29 is 9.53 Å². The average Bonchev–Trinajstić information content (AvgIpc) is 2.89. The zero-order valence-electron chi connectivity index (χ0n) is 11.4. The maximum Gasteiger partial charge on any atom is 0.271 e. The molecule has 0 radical (unpaired) electrons. The first-order chi connectivity index (χ1) is 10.1. The lowest BCUT2D eigenvalue weighted by Gasteiger charge is -2.00. The van der Waals surface area contributed by atoms with E-state index in [1.165, 1.54) is 11.3 Å². The Morgan fingerprint density at radius 2 is 2.29 bits per heavy atom. The summed E-state index contributed by atoms with van der Waals surface area (Å²) in [6.07, 6.45) is 3.56. The van der Waals surface area contributed by atoms with Crippen LogP contribution in [-0.2, 0) is 0 Å². The Bertz CT molecular complexity index is 671. The lowest BCUT2D eigenvalue weighted by Crippen LogP contribution is -2.17. The highest BCUT2D eigenvalue weighted by Crippen LogP contribution is 2.34. The van der Waals surface area contributed by atoms with Crippen LogP contribution in [0.3, 0.4) is 0 Å². The minimum atomic E-state index is -0.312. The van der Waals surface area contributed by atoms with Crippen molar-refractivity contribution >= 4 is 46.8 Å². The van der Waals surface area contributed by atoms with E-state index in [9.17, 15) is 4.79 Å². The van der Waals surface area contributed by atoms with Crippen LogP contribution < -0.4 is 10.2 Å². The molecule has 0 bridgehead atoms. The second kappa shape index (κ2) is 7.49. The largest absolute Gasteiger partial charge is 0.487 e. The molecule has 21 heavy (non-hydrogen) atoms. The summed E-state index contributed by atoms with van der Waals surface area (Å²) in [7, 11) is 1.61. The van der Waals surface area contributed by atoms with Crippen LogP contribution in [0.25, 0.3) is 0 Å². The van der Waals surface area contributed by atoms with Gasteiger partial charge in [0.2, 0.25) is 0 Å². The number of carbonyl (C=O) groups is 1. The Balaban J connectivity index is 2.05. The van der Waals surface area contributed by atoms with E-state index in [-0.39, 0.29) is 5.91 Å². The molecule has 0 spiro atoms. The lowest BCUT2D eigenvalue weighted by atomic mass is 10.2. The standard InChI is InChI=1S/C14H13ClN2O2S2/c1-19-14-10(7-12(20-2)21-14)8-16-17-13(18)9-4-3-5-11(15)6-9/h3-8H,1-2H3,(H,17,18). The molecule has 0 atom stereocenters. The number of ether oxygens (including phenoxy) is 1. The number of hydrazone groups is 1. The highest BCUT2D eigenvalue weighted by atomic mass is 35.5. The van der Waals surface area contributed by atoms with Crippen LogP contribution in [0, 0.1) is 0 Å². The Morgan fingerprint density at radius 3 is 2.95 bits per heavy atom. The minimum absolute atomic E-state index is 0.312. The number of benzene rings is 1. The topological polar surface area (TPSA) is 50.7 Å². The second-order valence-electron chi connectivity index (χ2n) is 3.93. The minimum Gasteiger partial charge on any atom is -0.487 e. The second-order valence-corrected chi connectivity index (χ2v) is 6.48. The van der Waals surface area contributed by atoms with Crippen molar-refractivity contribution in [2.24, 2.45) is 5.10 Å². The molecule has 110 valence electrons. The van der Waals surface area contributed by atoms with Gasteiger partial charge in [0.15, 0.2) is 5.06 Å². The maximum absolute atomic E-state index is 11.9. The van der Waals surface area contributed by atoms with Gasteiger partial charge in [-0.3, -0.25) is 4.79 Å². The molecule has 7 heteroatoms. The number of thioether (sulfide) groups is 1. The number of nitrogens with one attached hydrogen (secondary N) is 1. The molecule has 2 rings (SSSR count). The lowest BCUT2D eigenvalue weighted by molar-refractivity contribution is 0.0955. The molecule has 4 nitrogen and oxygen atoms in total. The van der Waals surface area contributed by atoms with Gasteiger partial charge in [0, 0.05) is 16.1 Å². The molecule has 0 aliphatic heterocycles. The number of rotatable bonds is 5. The zero-order chi connectivity index (χ0) is 15.2. The van der Waals surface area contributed by atoms with Gasteiger partial charge < -0.3 is 4.74 Å². The molecule has 1 heterocycles. The van der Waals surface area contributed by atoms with Gasteiger partial charge in [-0.1, -0.05) is 29.0 Å². The van der Waals surface area contributed by atoms with E-state index in [0.29, 0.717) is 10.6 Å². The third kappa shape index (κ3) is 4.23. The summed E-state index contributed by atoms with van der Waals surface area (Å²) in [5, 5.41) is 5.23. The van der Waals surface area contributed by atoms with Crippen LogP contribution >= 0.6 is 34.7 Å². The molecule has 0 saturated heterocycles. The van der Waals surface area contributed by atoms with Crippen LogP contribution in [0.1, 0.15) is 15.9 Å². The molecular formula is C14H13ClN2O2S2. The number of thiophene rings is 1. The predicted molar refractivity (Wildman–Crippen MR) is 89.2 cm³/mol. The third-order valence-electron chi connectivity index (χ3n) is 2.55. The summed E-state index contributed by atoms with van der Waals surface area (Å²) in [4.78, 5) is 11.9. The van der Waals surface area contributed by atoms with Crippen molar-refractivity contribution in [3.63, 3.8) is 0 Å². The molecule has 0 aliphatic carbocycles. The molecule has 1 amide bonds. The number of nitrogens with zero attached hydrogens (tertiary/aromatic N) is 1. The molecule has 0 aliphatic rings. The van der Waals surface area contributed by atoms with Crippen LogP contribution in [-0.4, -0.2) is 25.5 Å². The highest BCUT2D eigenvalue weighted by Gasteiger charge is 2.08. The molecule has 2 aromatic rings. The van der Waals surface area contributed by atoms with Gasteiger partial charge in [0.25, 0.3) is 5.91 Å². The molecule has 1 aromatic heterocycles. The van der Waals surface area contributed by atoms with Gasteiger partial charge in [-0.05, 0) is 30.5 Å². The highest BCUT2D eigenvalue weighted by molar-refractivity contribution is 8.00. The molecule has 0 fully saturated rings. The van der Waals surface area contributed by atoms with Crippen molar-refractivity contribution in [1.29, 1.82) is 0 Å². The van der Waals surface area contributed by atoms with E-state index < -0.39 is 0 Å². The van der Waals surface area contributed by atoms with E-state index >= 15 is 0 Å². The SMILES string of the molecule is COc1sc(SC)cc1C=NNC(=O)c1cccc(Cl)c1. The molecule has 1 N–H and O–H groups in total. The fourth-order valence-electron chi connectivity index (χ4n) is 1.57. The Morgan fingerprint density at radius 1 is 1.48 bits per heavy atom. The van der Waals surface area contributed by atoms with Crippen LogP contribution in [0.15, 0.2) is 39.6 Å². The molecule has 0 unspecified atom stereocenters. The smallest absolute Gasteiger partial charge is 0.271 e. The van der Waals surface area contributed by atoms with Gasteiger partial charge in [-0.15, -0.1) is 11.8 Å². The first-order valence-corrected chi connectivity index (χ1v) is 8.36. The van der Waals surface area contributed by atoms with Gasteiger partial charge >= 0.3 is 0 Å². The Labute approximate surface area is 136 Å². The summed E-state index contributed by atoms with van der Waals surface area (Å²) in [6, 6.07) is 8.65. The third-order valence-corrected chi connectivity index (χ3v) is 4.96. The normalized spacial score (nSPS) is 10.8. The molecule has 1 aromatic carbocycles. The molecule has 0 saturated carbocycles. The van der Waals surface area contributed by atoms with Crippen molar-refractivity contribution in [2.45, 2.75) is 4.21 Å². The number of methoxy groups -OCH3 is 1. The van der Waals surface area contributed by atoms with E-state index in [2.05, 4.69) is 10.5 Å². The van der Waals surface area contributed by atoms with Crippen molar-refractivity contribution in [2.75, 3.05) is 13.4 Å². The van der Waals surface area contributed by atoms with Gasteiger partial charge in [0.1, 0.15) is 0 Å². The predicted octanol–water partition coefficient (Wildman–Crippen LogP) is 3.90. The van der Waals surface area contributed by atoms with E-state index in [1.807, 2.05) is 12.3 Å². The summed E-state index contributed by atoms with van der Waals surface area (Å²) in [5.41, 5.74) is 3.76. The number of hydrogen-bond donors (Lipinski definition) is 1. The van der Waals surface area contributed by atoms with Crippen molar-refractivity contribution in [3.8, 4) is 5.06 Å². The van der Waals surface area contributed by atoms with Crippen LogP contribution in [0.5, 0.6) is 5.06 Å². The van der Waals surface area contributed by atoms with Crippen molar-refractivity contribution in [1.82, 2.24) is 5.43 Å². The maximum atomic E-state index is 11.9. The fourth-order valence-corrected chi connectivity index (χ4v) is 3.25. The summed E-state index contributed by atoms with van der Waals surface area (Å²) in [6.45, 7) is 0. The number of carbonyl (C=O) groups excluding carboxylic acids is 1. The Kier molecular flexibility index (Phi) is 5.67. The fraction of sp³-hybridized carbons (Fsp3) is 0.143. The van der Waals surface area contributed by atoms with Crippen LogP contribution in [0.2, 0.25) is 5.02 Å². The Hall–Kier alpha value is -1.50. The average molecular weight is 341 g/mol. The quantitative estimate of drug-likeness (QED) is 0.510. The first kappa shape index (κ1) is 15.9. The van der Waals surface area contributed by atoms with Gasteiger partial charge in [0.05, 0.1) is 17.5 Å². The zero-order valence-corrected chi connectivity index (χ0v) is 13.8. The number of halogens is 1. The van der Waals surface area contributed by atoms with Crippen molar-refractivity contribution in [3.05, 3.63) is 46.5 Å².